The topological polar surface area (TPSA) is 49.4 Å². The molecule has 1 saturated carbocycles. The quantitative estimate of drug-likeness (QED) is 0.856. The molecule has 20 heavy (non-hydrogen) atoms. The van der Waals surface area contributed by atoms with Crippen molar-refractivity contribution in [2.45, 2.75) is 24.7 Å². The van der Waals surface area contributed by atoms with Crippen LogP contribution in [-0.2, 0) is 15.0 Å². The van der Waals surface area contributed by atoms with Crippen LogP contribution in [-0.4, -0.2) is 29.8 Å². The molecule has 0 aromatic heterocycles. The Hall–Kier alpha value is -1.36. The zero-order valence-corrected chi connectivity index (χ0v) is 12.6. The van der Waals surface area contributed by atoms with E-state index in [-0.39, 0.29) is 17.7 Å². The van der Waals surface area contributed by atoms with Crippen molar-refractivity contribution in [3.63, 3.8) is 0 Å². The van der Waals surface area contributed by atoms with E-state index in [0.717, 1.165) is 41.7 Å². The Labute approximate surface area is 125 Å². The minimum atomic E-state index is -0.598. The maximum absolute atomic E-state index is 12.5. The minimum Gasteiger partial charge on any atom is -0.342 e. The zero-order chi connectivity index (χ0) is 13.9. The Morgan fingerprint density at radius 3 is 2.85 bits per heavy atom. The van der Waals surface area contributed by atoms with Crippen LogP contribution in [0, 0.1) is 5.92 Å². The molecule has 1 spiro atoms. The number of halogens is 1. The fraction of sp³-hybridized carbons (Fsp3) is 0.467. The van der Waals surface area contributed by atoms with Crippen molar-refractivity contribution in [3.8, 4) is 0 Å². The number of benzene rings is 1. The van der Waals surface area contributed by atoms with Gasteiger partial charge >= 0.3 is 0 Å². The largest absolute Gasteiger partial charge is 0.342 e. The number of rotatable bonds is 1. The van der Waals surface area contributed by atoms with E-state index in [9.17, 15) is 9.59 Å². The Morgan fingerprint density at radius 2 is 2.10 bits per heavy atom. The van der Waals surface area contributed by atoms with Gasteiger partial charge in [-0.25, -0.2) is 0 Å². The lowest BCUT2D eigenvalue weighted by atomic mass is 9.94. The van der Waals surface area contributed by atoms with Crippen LogP contribution >= 0.6 is 15.9 Å². The monoisotopic (exact) mass is 334 g/mol. The van der Waals surface area contributed by atoms with Crippen LogP contribution in [0.4, 0.5) is 5.69 Å². The van der Waals surface area contributed by atoms with Crippen LogP contribution in [0.5, 0.6) is 0 Å². The van der Waals surface area contributed by atoms with Crippen LogP contribution < -0.4 is 5.32 Å². The van der Waals surface area contributed by atoms with Crippen molar-refractivity contribution in [1.82, 2.24) is 4.90 Å². The van der Waals surface area contributed by atoms with Crippen molar-refractivity contribution in [1.29, 1.82) is 0 Å². The summed E-state index contributed by atoms with van der Waals surface area (Å²) in [5, 5.41) is 2.92. The lowest BCUT2D eigenvalue weighted by Crippen LogP contribution is -2.33. The molecule has 4 rings (SSSR count). The number of likely N-dealkylation sites (tertiary alicyclic amines) is 1. The van der Waals surface area contributed by atoms with Gasteiger partial charge in [-0.1, -0.05) is 15.9 Å². The molecule has 1 aromatic carbocycles. The molecule has 1 aromatic rings. The summed E-state index contributed by atoms with van der Waals surface area (Å²) in [6, 6.07) is 5.80. The highest BCUT2D eigenvalue weighted by Gasteiger charge is 2.68. The third kappa shape index (κ3) is 1.53. The molecule has 1 N–H and O–H groups in total. The number of amides is 2. The Kier molecular flexibility index (Phi) is 2.52. The molecule has 1 aliphatic carbocycles. The van der Waals surface area contributed by atoms with Gasteiger partial charge in [-0.2, -0.15) is 0 Å². The van der Waals surface area contributed by atoms with Gasteiger partial charge in [-0.05, 0) is 43.0 Å². The first kappa shape index (κ1) is 12.4. The first-order valence-corrected chi connectivity index (χ1v) is 7.82. The maximum Gasteiger partial charge on any atom is 0.235 e. The summed E-state index contributed by atoms with van der Waals surface area (Å²) in [4.78, 5) is 26.8. The van der Waals surface area contributed by atoms with E-state index < -0.39 is 5.41 Å². The van der Waals surface area contributed by atoms with E-state index in [1.54, 1.807) is 0 Å². The molecule has 3 aliphatic rings. The zero-order valence-electron chi connectivity index (χ0n) is 11.0. The number of hydrogen-bond donors (Lipinski definition) is 1. The van der Waals surface area contributed by atoms with Gasteiger partial charge in [0.2, 0.25) is 11.8 Å². The van der Waals surface area contributed by atoms with Crippen LogP contribution in [0.3, 0.4) is 0 Å². The van der Waals surface area contributed by atoms with E-state index in [0.29, 0.717) is 6.42 Å². The molecule has 104 valence electrons. The molecule has 4 nitrogen and oxygen atoms in total. The second kappa shape index (κ2) is 4.07. The molecule has 0 bridgehead atoms. The van der Waals surface area contributed by atoms with Gasteiger partial charge in [0.05, 0.1) is 11.3 Å². The van der Waals surface area contributed by atoms with E-state index in [1.165, 1.54) is 0 Å². The molecule has 2 atom stereocenters. The highest BCUT2D eigenvalue weighted by Crippen LogP contribution is 2.60. The molecule has 2 heterocycles. The van der Waals surface area contributed by atoms with Crippen molar-refractivity contribution in [2.75, 3.05) is 18.4 Å². The van der Waals surface area contributed by atoms with Crippen molar-refractivity contribution < 1.29 is 9.59 Å². The summed E-state index contributed by atoms with van der Waals surface area (Å²) < 4.78 is 0.950. The van der Waals surface area contributed by atoms with Gasteiger partial charge in [-0.15, -0.1) is 0 Å². The number of anilines is 1. The molecule has 0 radical (unpaired) electrons. The lowest BCUT2D eigenvalue weighted by molar-refractivity contribution is -0.133. The summed E-state index contributed by atoms with van der Waals surface area (Å²) in [6.07, 6.45) is 2.82. The average Bonchev–Trinajstić information content (AvgIpc) is 2.82. The summed E-state index contributed by atoms with van der Waals surface area (Å²) in [5.41, 5.74) is 1.24. The highest BCUT2D eigenvalue weighted by molar-refractivity contribution is 9.10. The smallest absolute Gasteiger partial charge is 0.235 e. The number of hydrogen-bond acceptors (Lipinski definition) is 2. The minimum absolute atomic E-state index is 0.0110. The molecule has 2 amide bonds. The molecular weight excluding hydrogens is 320 g/mol. The Balaban J connectivity index is 1.68. The van der Waals surface area contributed by atoms with Crippen molar-refractivity contribution in [2.24, 2.45) is 5.92 Å². The van der Waals surface area contributed by atoms with Gasteiger partial charge in [-0.3, -0.25) is 9.59 Å². The normalized spacial score (nSPS) is 30.6. The fourth-order valence-electron chi connectivity index (χ4n) is 3.62. The Bertz CT molecular complexity index is 624. The van der Waals surface area contributed by atoms with Gasteiger partial charge in [0.25, 0.3) is 0 Å². The van der Waals surface area contributed by atoms with Crippen molar-refractivity contribution in [3.05, 3.63) is 28.2 Å². The molecule has 2 unspecified atom stereocenters. The van der Waals surface area contributed by atoms with Gasteiger partial charge < -0.3 is 10.2 Å². The predicted octanol–water partition coefficient (Wildman–Crippen LogP) is 2.28. The number of carbonyl (C=O) groups excluding carboxylic acids is 2. The van der Waals surface area contributed by atoms with Gasteiger partial charge in [0.15, 0.2) is 0 Å². The van der Waals surface area contributed by atoms with Crippen LogP contribution in [0.2, 0.25) is 0 Å². The van der Waals surface area contributed by atoms with Gasteiger partial charge in [0, 0.05) is 23.2 Å². The molecule has 1 saturated heterocycles. The molecule has 5 heteroatoms. The fourth-order valence-corrected chi connectivity index (χ4v) is 3.98. The third-order valence-corrected chi connectivity index (χ3v) is 5.29. The predicted molar refractivity (Wildman–Crippen MR) is 78.4 cm³/mol. The summed E-state index contributed by atoms with van der Waals surface area (Å²) in [6.45, 7) is 1.69. The summed E-state index contributed by atoms with van der Waals surface area (Å²) in [7, 11) is 0. The Morgan fingerprint density at radius 1 is 1.35 bits per heavy atom. The molecular formula is C15H15BrN2O2. The number of carbonyl (C=O) groups is 2. The van der Waals surface area contributed by atoms with E-state index >= 15 is 0 Å². The van der Waals surface area contributed by atoms with E-state index in [1.807, 2.05) is 23.1 Å². The highest BCUT2D eigenvalue weighted by atomic mass is 79.9. The first-order valence-electron chi connectivity index (χ1n) is 7.03. The molecule has 2 aliphatic heterocycles. The van der Waals surface area contributed by atoms with Gasteiger partial charge in [0.1, 0.15) is 0 Å². The lowest BCUT2D eigenvalue weighted by Gasteiger charge is -2.17. The maximum atomic E-state index is 12.5. The second-order valence-electron chi connectivity index (χ2n) is 5.90. The van der Waals surface area contributed by atoms with Crippen LogP contribution in [0.25, 0.3) is 0 Å². The van der Waals surface area contributed by atoms with E-state index in [2.05, 4.69) is 21.2 Å². The first-order chi connectivity index (χ1) is 9.63. The average molecular weight is 335 g/mol. The third-order valence-electron chi connectivity index (χ3n) is 4.79. The number of nitrogens with zero attached hydrogens (tertiary/aromatic N) is 1. The summed E-state index contributed by atoms with van der Waals surface area (Å²) >= 11 is 3.45. The standard InChI is InChI=1S/C15H15BrN2O2/c16-9-3-4-12-10(7-9)15(14(20)17-12)8-11(15)13(19)18-5-1-2-6-18/h3-4,7,11H,1-2,5-6,8H2,(H,17,20). The van der Waals surface area contributed by atoms with Crippen LogP contribution in [0.1, 0.15) is 24.8 Å². The van der Waals surface area contributed by atoms with Crippen molar-refractivity contribution >= 4 is 33.4 Å². The second-order valence-corrected chi connectivity index (χ2v) is 6.82. The number of nitrogens with one attached hydrogen (secondary N) is 1. The summed E-state index contributed by atoms with van der Waals surface area (Å²) in [5.74, 6) is -0.0234. The number of fused-ring (bicyclic) bond motifs is 2. The molecule has 2 fully saturated rings. The van der Waals surface area contributed by atoms with E-state index in [4.69, 9.17) is 0 Å². The van der Waals surface area contributed by atoms with Crippen LogP contribution in [0.15, 0.2) is 22.7 Å². The SMILES string of the molecule is O=C(C1CC12C(=O)Nc1ccc(Br)cc12)N1CCCC1.